The van der Waals surface area contributed by atoms with Crippen molar-refractivity contribution in [3.05, 3.63) is 30.3 Å². The van der Waals surface area contributed by atoms with Crippen LogP contribution in [0.25, 0.3) is 0 Å². The molecule has 0 N–H and O–H groups in total. The van der Waals surface area contributed by atoms with Gasteiger partial charge in [0.2, 0.25) is 0 Å². The van der Waals surface area contributed by atoms with E-state index in [1.165, 1.54) is 0 Å². The van der Waals surface area contributed by atoms with Gasteiger partial charge in [0.1, 0.15) is 12.1 Å². The summed E-state index contributed by atoms with van der Waals surface area (Å²) in [5.41, 5.74) is 0. The van der Waals surface area contributed by atoms with Crippen LogP contribution in [-0.2, 0) is 9.30 Å². The molecule has 4 heteroatoms. The molecule has 0 radical (unpaired) electrons. The Morgan fingerprint density at radius 2 is 1.94 bits per heavy atom. The molecule has 0 spiro atoms. The number of rotatable bonds is 7. The minimum absolute atomic E-state index is 0.182. The molecule has 0 aliphatic heterocycles. The van der Waals surface area contributed by atoms with Gasteiger partial charge in [-0.25, -0.2) is 0 Å². The fourth-order valence-corrected chi connectivity index (χ4v) is 2.29. The zero-order chi connectivity index (χ0) is 11.9. The Kier molecular flexibility index (Phi) is 5.58. The molecule has 3 nitrogen and oxygen atoms in total. The third-order valence-corrected chi connectivity index (χ3v) is 3.26. The lowest BCUT2D eigenvalue weighted by Crippen LogP contribution is -2.02. The molecule has 0 aliphatic carbocycles. The van der Waals surface area contributed by atoms with Crippen LogP contribution in [0.4, 0.5) is 0 Å². The fourth-order valence-electron chi connectivity index (χ4n) is 1.21. The first-order chi connectivity index (χ1) is 7.64. The normalized spacial score (nSPS) is 14.4. The summed E-state index contributed by atoms with van der Waals surface area (Å²) in [6.45, 7) is 4.34. The summed E-state index contributed by atoms with van der Waals surface area (Å²) in [6, 6.07) is 9.19. The first-order valence-corrected chi connectivity index (χ1v) is 7.79. The van der Waals surface area contributed by atoms with Crippen molar-refractivity contribution >= 4 is 7.37 Å². The molecule has 0 aromatic heterocycles. The summed E-state index contributed by atoms with van der Waals surface area (Å²) in [7, 11) is -2.68. The van der Waals surface area contributed by atoms with Gasteiger partial charge in [-0.1, -0.05) is 31.5 Å². The molecule has 0 amide bonds. The Morgan fingerprint density at radius 3 is 2.56 bits per heavy atom. The summed E-state index contributed by atoms with van der Waals surface area (Å²) >= 11 is 0. The second kappa shape index (κ2) is 6.72. The van der Waals surface area contributed by atoms with Crippen LogP contribution in [0.15, 0.2) is 30.3 Å². The van der Waals surface area contributed by atoms with Crippen LogP contribution in [0.2, 0.25) is 0 Å². The number of para-hydroxylation sites is 1. The van der Waals surface area contributed by atoms with Gasteiger partial charge in [-0.2, -0.15) is 0 Å². The van der Waals surface area contributed by atoms with E-state index in [0.717, 1.165) is 12.8 Å². The van der Waals surface area contributed by atoms with Gasteiger partial charge >= 0.3 is 0 Å². The molecule has 16 heavy (non-hydrogen) atoms. The van der Waals surface area contributed by atoms with Crippen molar-refractivity contribution < 1.29 is 13.8 Å². The molecule has 1 unspecified atom stereocenters. The van der Waals surface area contributed by atoms with Crippen molar-refractivity contribution in [2.75, 3.05) is 19.6 Å². The maximum Gasteiger partial charge on any atom is 0.269 e. The van der Waals surface area contributed by atoms with Crippen LogP contribution in [0.5, 0.6) is 5.75 Å². The molecule has 0 saturated carbocycles. The molecule has 1 aromatic rings. The van der Waals surface area contributed by atoms with Crippen LogP contribution in [-0.4, -0.2) is 19.6 Å². The van der Waals surface area contributed by atoms with Gasteiger partial charge in [0.15, 0.2) is 0 Å². The molecule has 1 rings (SSSR count). The highest BCUT2D eigenvalue weighted by Gasteiger charge is 2.17. The van der Waals surface area contributed by atoms with Crippen molar-refractivity contribution in [3.63, 3.8) is 0 Å². The van der Waals surface area contributed by atoms with Gasteiger partial charge in [0.05, 0.1) is 0 Å². The average molecular weight is 242 g/mol. The van der Waals surface area contributed by atoms with E-state index >= 15 is 0 Å². The third kappa shape index (κ3) is 5.34. The smallest absolute Gasteiger partial charge is 0.269 e. The van der Waals surface area contributed by atoms with Crippen LogP contribution in [0.1, 0.15) is 19.8 Å². The maximum atomic E-state index is 12.0. The fraction of sp³-hybridized carbons (Fsp3) is 0.500. The van der Waals surface area contributed by atoms with Crippen molar-refractivity contribution in [2.24, 2.45) is 0 Å². The molecule has 0 saturated heterocycles. The lowest BCUT2D eigenvalue weighted by molar-refractivity contribution is 0.166. The van der Waals surface area contributed by atoms with Crippen LogP contribution < -0.4 is 4.52 Å². The van der Waals surface area contributed by atoms with Crippen molar-refractivity contribution in [1.29, 1.82) is 0 Å². The molecule has 0 bridgehead atoms. The largest absolute Gasteiger partial charge is 0.441 e. The zero-order valence-electron chi connectivity index (χ0n) is 9.89. The number of hydrogen-bond donors (Lipinski definition) is 0. The lowest BCUT2D eigenvalue weighted by Gasteiger charge is -2.15. The monoisotopic (exact) mass is 242 g/mol. The summed E-state index contributed by atoms with van der Waals surface area (Å²) in [5, 5.41) is 0. The Labute approximate surface area is 97.2 Å². The predicted molar refractivity (Wildman–Crippen MR) is 66.3 cm³/mol. The van der Waals surface area contributed by atoms with Crippen molar-refractivity contribution in [3.8, 4) is 5.75 Å². The topological polar surface area (TPSA) is 35.5 Å². The van der Waals surface area contributed by atoms with E-state index in [-0.39, 0.29) is 6.35 Å². The highest BCUT2D eigenvalue weighted by atomic mass is 31.2. The molecule has 1 atom stereocenters. The van der Waals surface area contributed by atoms with E-state index in [4.69, 9.17) is 9.26 Å². The van der Waals surface area contributed by atoms with Crippen molar-refractivity contribution in [1.82, 2.24) is 0 Å². The van der Waals surface area contributed by atoms with Gasteiger partial charge in [-0.3, -0.25) is 4.57 Å². The van der Waals surface area contributed by atoms with E-state index in [9.17, 15) is 4.57 Å². The Bertz CT molecular complexity index is 337. The van der Waals surface area contributed by atoms with Crippen LogP contribution in [0.3, 0.4) is 0 Å². The second-order valence-electron chi connectivity index (χ2n) is 3.81. The number of hydrogen-bond acceptors (Lipinski definition) is 3. The van der Waals surface area contributed by atoms with Crippen LogP contribution in [0, 0.1) is 0 Å². The van der Waals surface area contributed by atoms with Gasteiger partial charge in [0.25, 0.3) is 7.37 Å². The molecule has 90 valence electrons. The average Bonchev–Trinajstić information content (AvgIpc) is 2.25. The zero-order valence-corrected chi connectivity index (χ0v) is 10.8. The molecule has 0 aliphatic rings. The maximum absolute atomic E-state index is 12.0. The number of ether oxygens (including phenoxy) is 1. The summed E-state index contributed by atoms with van der Waals surface area (Å²) in [4.78, 5) is 0. The summed E-state index contributed by atoms with van der Waals surface area (Å²) in [5.74, 6) is 0.632. The molecule has 0 fully saturated rings. The third-order valence-electron chi connectivity index (χ3n) is 2.01. The van der Waals surface area contributed by atoms with Gasteiger partial charge < -0.3 is 9.26 Å². The summed E-state index contributed by atoms with van der Waals surface area (Å²) < 4.78 is 22.7. The Balaban J connectivity index is 2.37. The van der Waals surface area contributed by atoms with E-state index in [1.54, 1.807) is 18.8 Å². The van der Waals surface area contributed by atoms with E-state index in [0.29, 0.717) is 12.4 Å². The van der Waals surface area contributed by atoms with Gasteiger partial charge in [-0.15, -0.1) is 0 Å². The molecule has 0 heterocycles. The molecular formula is C12H19O3P. The minimum Gasteiger partial charge on any atom is -0.441 e. The SMILES string of the molecule is CCCCOCP(C)(=O)Oc1ccccc1. The number of benzene rings is 1. The minimum atomic E-state index is -2.68. The quantitative estimate of drug-likeness (QED) is 0.539. The Morgan fingerprint density at radius 1 is 1.25 bits per heavy atom. The van der Waals surface area contributed by atoms with E-state index < -0.39 is 7.37 Å². The van der Waals surface area contributed by atoms with E-state index in [2.05, 4.69) is 6.92 Å². The second-order valence-corrected chi connectivity index (χ2v) is 6.28. The van der Waals surface area contributed by atoms with Crippen LogP contribution >= 0.6 is 7.37 Å². The first kappa shape index (κ1) is 13.3. The standard InChI is InChI=1S/C12H19O3P/c1-3-4-10-14-11-16(2,13)15-12-8-6-5-7-9-12/h5-9H,3-4,10-11H2,1-2H3. The molecular weight excluding hydrogens is 223 g/mol. The summed E-state index contributed by atoms with van der Waals surface area (Å²) in [6.07, 6.45) is 2.25. The Hall–Kier alpha value is -0.790. The van der Waals surface area contributed by atoms with E-state index in [1.807, 2.05) is 18.2 Å². The molecule has 1 aromatic carbocycles. The highest BCUT2D eigenvalue weighted by Crippen LogP contribution is 2.42. The highest BCUT2D eigenvalue weighted by molar-refractivity contribution is 7.58. The lowest BCUT2D eigenvalue weighted by atomic mass is 10.3. The van der Waals surface area contributed by atoms with Gasteiger partial charge in [0, 0.05) is 13.3 Å². The van der Waals surface area contributed by atoms with Crippen molar-refractivity contribution in [2.45, 2.75) is 19.8 Å². The number of unbranched alkanes of at least 4 members (excludes halogenated alkanes) is 1. The van der Waals surface area contributed by atoms with Gasteiger partial charge in [-0.05, 0) is 18.6 Å². The first-order valence-electron chi connectivity index (χ1n) is 5.53. The predicted octanol–water partition coefficient (Wildman–Crippen LogP) is 3.75.